The second kappa shape index (κ2) is 4.38. The van der Waals surface area contributed by atoms with Crippen LogP contribution in [0.25, 0.3) is 0 Å². The molecule has 5 nitrogen and oxygen atoms in total. The average molecular weight is 177 g/mol. The largest absolute Gasteiger partial charge is 0.366 e. The van der Waals surface area contributed by atoms with Crippen molar-refractivity contribution in [1.29, 1.82) is 5.26 Å². The minimum absolute atomic E-state index is 0.140. The zero-order chi connectivity index (χ0) is 9.68. The first-order valence-corrected chi connectivity index (χ1v) is 3.95. The van der Waals surface area contributed by atoms with E-state index in [1.54, 1.807) is 6.07 Å². The lowest BCUT2D eigenvalue weighted by atomic mass is 10.3. The molecule has 0 amide bonds. The average Bonchev–Trinajstić information content (AvgIpc) is 2.18. The van der Waals surface area contributed by atoms with E-state index in [-0.39, 0.29) is 6.04 Å². The van der Waals surface area contributed by atoms with E-state index >= 15 is 0 Å². The fourth-order valence-corrected chi connectivity index (χ4v) is 0.809. The lowest BCUT2D eigenvalue weighted by molar-refractivity contribution is 0.797. The predicted octanol–water partition coefficient (Wildman–Crippen LogP) is 0.107. The summed E-state index contributed by atoms with van der Waals surface area (Å²) in [7, 11) is 0. The number of nitrogens with one attached hydrogen (secondary N) is 1. The summed E-state index contributed by atoms with van der Waals surface area (Å²) in [5.41, 5.74) is 5.77. The monoisotopic (exact) mass is 177 g/mol. The van der Waals surface area contributed by atoms with Gasteiger partial charge in [-0.1, -0.05) is 0 Å². The summed E-state index contributed by atoms with van der Waals surface area (Å²) >= 11 is 0. The Morgan fingerprint density at radius 3 is 3.08 bits per heavy atom. The van der Waals surface area contributed by atoms with Gasteiger partial charge in [0.2, 0.25) is 0 Å². The van der Waals surface area contributed by atoms with Crippen molar-refractivity contribution in [2.75, 3.05) is 11.9 Å². The van der Waals surface area contributed by atoms with Crippen LogP contribution < -0.4 is 11.1 Å². The third-order valence-corrected chi connectivity index (χ3v) is 1.53. The Hall–Kier alpha value is -1.67. The molecule has 0 fully saturated rings. The van der Waals surface area contributed by atoms with Crippen LogP contribution in [-0.2, 0) is 0 Å². The maximum absolute atomic E-state index is 8.56. The summed E-state index contributed by atoms with van der Waals surface area (Å²) in [6.07, 6.45) is 1.35. The van der Waals surface area contributed by atoms with Crippen LogP contribution >= 0.6 is 0 Å². The maximum Gasteiger partial charge on any atom is 0.145 e. The molecule has 5 heteroatoms. The molecule has 1 unspecified atom stereocenters. The third kappa shape index (κ3) is 2.69. The number of nitrogens with zero attached hydrogens (tertiary/aromatic N) is 3. The summed E-state index contributed by atoms with van der Waals surface area (Å²) in [6, 6.07) is 3.67. The predicted molar refractivity (Wildman–Crippen MR) is 48.9 cm³/mol. The molecule has 0 aromatic carbocycles. The van der Waals surface area contributed by atoms with Gasteiger partial charge in [-0.2, -0.15) is 5.26 Å². The highest BCUT2D eigenvalue weighted by Crippen LogP contribution is 2.03. The molecule has 1 heterocycles. The lowest BCUT2D eigenvalue weighted by Gasteiger charge is -2.10. The van der Waals surface area contributed by atoms with E-state index < -0.39 is 0 Å². The number of nitriles is 1. The normalized spacial score (nSPS) is 11.8. The Balaban J connectivity index is 2.73. The molecule has 1 aromatic heterocycles. The van der Waals surface area contributed by atoms with Crippen molar-refractivity contribution >= 4 is 5.82 Å². The van der Waals surface area contributed by atoms with Gasteiger partial charge in [0.25, 0.3) is 0 Å². The second-order valence-electron chi connectivity index (χ2n) is 2.68. The van der Waals surface area contributed by atoms with Crippen LogP contribution in [-0.4, -0.2) is 22.6 Å². The van der Waals surface area contributed by atoms with E-state index in [1.807, 2.05) is 13.0 Å². The van der Waals surface area contributed by atoms with Gasteiger partial charge in [-0.25, -0.2) is 9.97 Å². The van der Waals surface area contributed by atoms with Gasteiger partial charge >= 0.3 is 0 Å². The smallest absolute Gasteiger partial charge is 0.145 e. The molecule has 0 saturated carbocycles. The topological polar surface area (TPSA) is 87.6 Å². The Kier molecular flexibility index (Phi) is 3.17. The van der Waals surface area contributed by atoms with E-state index in [0.717, 1.165) is 0 Å². The van der Waals surface area contributed by atoms with Gasteiger partial charge < -0.3 is 11.1 Å². The molecule has 1 rings (SSSR count). The van der Waals surface area contributed by atoms with Crippen LogP contribution in [0.3, 0.4) is 0 Å². The number of rotatable bonds is 3. The second-order valence-corrected chi connectivity index (χ2v) is 2.68. The van der Waals surface area contributed by atoms with Gasteiger partial charge in [0.1, 0.15) is 23.9 Å². The molecule has 1 atom stereocenters. The number of hydrogen-bond donors (Lipinski definition) is 2. The SMILES string of the molecule is CC(CN)Nc1cc(C#N)ncn1. The molecule has 68 valence electrons. The van der Waals surface area contributed by atoms with E-state index in [2.05, 4.69) is 15.3 Å². The van der Waals surface area contributed by atoms with Crippen LogP contribution in [0, 0.1) is 11.3 Å². The molecule has 0 radical (unpaired) electrons. The van der Waals surface area contributed by atoms with Gasteiger partial charge in [-0.15, -0.1) is 0 Å². The lowest BCUT2D eigenvalue weighted by Crippen LogP contribution is -2.25. The molecule has 0 aliphatic carbocycles. The molecule has 0 bridgehead atoms. The minimum atomic E-state index is 0.140. The minimum Gasteiger partial charge on any atom is -0.366 e. The van der Waals surface area contributed by atoms with Gasteiger partial charge in [0, 0.05) is 18.7 Å². The molecule has 0 spiro atoms. The molecule has 3 N–H and O–H groups in total. The van der Waals surface area contributed by atoms with Crippen LogP contribution in [0.4, 0.5) is 5.82 Å². The third-order valence-electron chi connectivity index (χ3n) is 1.53. The Bertz CT molecular complexity index is 317. The molecular formula is C8H11N5. The van der Waals surface area contributed by atoms with Crippen molar-refractivity contribution in [3.8, 4) is 6.07 Å². The van der Waals surface area contributed by atoms with E-state index in [0.29, 0.717) is 18.1 Å². The van der Waals surface area contributed by atoms with E-state index in [9.17, 15) is 0 Å². The number of nitrogens with two attached hydrogens (primary N) is 1. The fraction of sp³-hybridized carbons (Fsp3) is 0.375. The highest BCUT2D eigenvalue weighted by atomic mass is 15.0. The van der Waals surface area contributed by atoms with Crippen molar-refractivity contribution in [2.45, 2.75) is 13.0 Å². The van der Waals surface area contributed by atoms with Crippen molar-refractivity contribution in [3.05, 3.63) is 18.1 Å². The zero-order valence-corrected chi connectivity index (χ0v) is 7.36. The number of anilines is 1. The zero-order valence-electron chi connectivity index (χ0n) is 7.36. The summed E-state index contributed by atoms with van der Waals surface area (Å²) in [5, 5.41) is 11.6. The molecular weight excluding hydrogens is 166 g/mol. The standard InChI is InChI=1S/C8H11N5/c1-6(3-9)13-8-2-7(4-10)11-5-12-8/h2,5-6H,3,9H2,1H3,(H,11,12,13). The molecule has 0 saturated heterocycles. The van der Waals surface area contributed by atoms with Gasteiger partial charge in [0.15, 0.2) is 0 Å². The molecule has 0 aliphatic rings. The first-order chi connectivity index (χ1) is 6.26. The fourth-order valence-electron chi connectivity index (χ4n) is 0.809. The summed E-state index contributed by atoms with van der Waals surface area (Å²) in [6.45, 7) is 2.46. The van der Waals surface area contributed by atoms with Gasteiger partial charge in [-0.05, 0) is 6.92 Å². The Morgan fingerprint density at radius 2 is 2.46 bits per heavy atom. The maximum atomic E-state index is 8.56. The number of aromatic nitrogens is 2. The van der Waals surface area contributed by atoms with Crippen molar-refractivity contribution in [1.82, 2.24) is 9.97 Å². The molecule has 1 aromatic rings. The Labute approximate surface area is 76.6 Å². The van der Waals surface area contributed by atoms with Crippen LogP contribution in [0.15, 0.2) is 12.4 Å². The highest BCUT2D eigenvalue weighted by molar-refractivity contribution is 5.39. The first kappa shape index (κ1) is 9.42. The molecule has 13 heavy (non-hydrogen) atoms. The number of hydrogen-bond acceptors (Lipinski definition) is 5. The summed E-state index contributed by atoms with van der Waals surface area (Å²) < 4.78 is 0. The van der Waals surface area contributed by atoms with Crippen molar-refractivity contribution < 1.29 is 0 Å². The summed E-state index contributed by atoms with van der Waals surface area (Å²) in [4.78, 5) is 7.69. The van der Waals surface area contributed by atoms with Crippen molar-refractivity contribution in [2.24, 2.45) is 5.73 Å². The van der Waals surface area contributed by atoms with Crippen LogP contribution in [0.5, 0.6) is 0 Å². The highest BCUT2D eigenvalue weighted by Gasteiger charge is 2.01. The van der Waals surface area contributed by atoms with E-state index in [1.165, 1.54) is 6.33 Å². The Morgan fingerprint density at radius 1 is 1.69 bits per heavy atom. The summed E-state index contributed by atoms with van der Waals surface area (Å²) in [5.74, 6) is 0.629. The van der Waals surface area contributed by atoms with Crippen LogP contribution in [0.2, 0.25) is 0 Å². The molecule has 0 aliphatic heterocycles. The van der Waals surface area contributed by atoms with Gasteiger partial charge in [0.05, 0.1) is 0 Å². The van der Waals surface area contributed by atoms with Crippen molar-refractivity contribution in [3.63, 3.8) is 0 Å². The van der Waals surface area contributed by atoms with Gasteiger partial charge in [-0.3, -0.25) is 0 Å². The quantitative estimate of drug-likeness (QED) is 0.684. The van der Waals surface area contributed by atoms with E-state index in [4.69, 9.17) is 11.0 Å². The van der Waals surface area contributed by atoms with Crippen LogP contribution in [0.1, 0.15) is 12.6 Å². The first-order valence-electron chi connectivity index (χ1n) is 3.95.